The molecule has 0 aromatic heterocycles. The minimum absolute atomic E-state index is 0.705. The van der Waals surface area contributed by atoms with Gasteiger partial charge >= 0.3 is 0 Å². The SMILES string of the molecule is C=C(CC/C=C(\C)CC/C=C(\C)CCC=C(C)C)COCC. The molecule has 0 saturated heterocycles. The molecule has 0 aliphatic rings. The van der Waals surface area contributed by atoms with Gasteiger partial charge in [0, 0.05) is 6.61 Å². The second kappa shape index (κ2) is 13.6. The topological polar surface area (TPSA) is 9.23 Å². The van der Waals surface area contributed by atoms with Gasteiger partial charge in [-0.2, -0.15) is 0 Å². The Labute approximate surface area is 138 Å². The van der Waals surface area contributed by atoms with Crippen molar-refractivity contribution >= 4 is 0 Å². The first-order valence-electron chi connectivity index (χ1n) is 8.64. The predicted molar refractivity (Wildman–Crippen MR) is 100 cm³/mol. The Hall–Kier alpha value is -1.08. The molecule has 0 unspecified atom stereocenters. The molecule has 0 N–H and O–H groups in total. The van der Waals surface area contributed by atoms with Crippen molar-refractivity contribution in [2.45, 2.75) is 73.1 Å². The first-order chi connectivity index (χ1) is 10.5. The highest BCUT2D eigenvalue weighted by molar-refractivity contribution is 5.06. The smallest absolute Gasteiger partial charge is 0.0674 e. The summed E-state index contributed by atoms with van der Waals surface area (Å²) in [4.78, 5) is 0. The number of rotatable bonds is 12. The Morgan fingerprint density at radius 1 is 0.818 bits per heavy atom. The molecule has 22 heavy (non-hydrogen) atoms. The minimum atomic E-state index is 0.705. The fourth-order valence-corrected chi connectivity index (χ4v) is 2.18. The van der Waals surface area contributed by atoms with Gasteiger partial charge < -0.3 is 4.74 Å². The van der Waals surface area contributed by atoms with Crippen molar-refractivity contribution < 1.29 is 4.74 Å². The molecular weight excluding hydrogens is 268 g/mol. The summed E-state index contributed by atoms with van der Waals surface area (Å²) < 4.78 is 5.36. The lowest BCUT2D eigenvalue weighted by Crippen LogP contribution is -1.96. The molecule has 0 rings (SSSR count). The van der Waals surface area contributed by atoms with Crippen LogP contribution in [0.25, 0.3) is 0 Å². The molecule has 0 amide bonds. The van der Waals surface area contributed by atoms with Gasteiger partial charge in [-0.05, 0) is 73.1 Å². The van der Waals surface area contributed by atoms with E-state index in [0.29, 0.717) is 6.61 Å². The Bertz CT molecular complexity index is 392. The summed E-state index contributed by atoms with van der Waals surface area (Å²) >= 11 is 0. The normalized spacial score (nSPS) is 12.4. The summed E-state index contributed by atoms with van der Waals surface area (Å²) in [5.74, 6) is 0. The zero-order valence-electron chi connectivity index (χ0n) is 15.5. The monoisotopic (exact) mass is 304 g/mol. The molecule has 0 aliphatic carbocycles. The first kappa shape index (κ1) is 20.9. The molecule has 126 valence electrons. The second-order valence-corrected chi connectivity index (χ2v) is 6.39. The van der Waals surface area contributed by atoms with E-state index in [1.54, 1.807) is 0 Å². The van der Waals surface area contributed by atoms with E-state index in [2.05, 4.69) is 52.5 Å². The highest BCUT2D eigenvalue weighted by Gasteiger charge is 1.95. The van der Waals surface area contributed by atoms with Gasteiger partial charge in [0.2, 0.25) is 0 Å². The maximum absolute atomic E-state index is 5.36. The molecule has 0 aliphatic heterocycles. The van der Waals surface area contributed by atoms with Crippen LogP contribution in [0, 0.1) is 0 Å². The lowest BCUT2D eigenvalue weighted by atomic mass is 10.0. The van der Waals surface area contributed by atoms with Crippen molar-refractivity contribution in [3.8, 4) is 0 Å². The second-order valence-electron chi connectivity index (χ2n) is 6.39. The zero-order chi connectivity index (χ0) is 16.8. The summed E-state index contributed by atoms with van der Waals surface area (Å²) in [6.07, 6.45) is 13.9. The van der Waals surface area contributed by atoms with Crippen LogP contribution in [0.15, 0.2) is 47.1 Å². The lowest BCUT2D eigenvalue weighted by molar-refractivity contribution is 0.169. The van der Waals surface area contributed by atoms with Crippen LogP contribution >= 0.6 is 0 Å². The molecule has 0 heterocycles. The van der Waals surface area contributed by atoms with Crippen molar-refractivity contribution in [2.75, 3.05) is 13.2 Å². The van der Waals surface area contributed by atoms with E-state index < -0.39 is 0 Å². The molecule has 0 aromatic rings. The van der Waals surface area contributed by atoms with E-state index in [9.17, 15) is 0 Å². The summed E-state index contributed by atoms with van der Waals surface area (Å²) in [6.45, 7) is 16.3. The Morgan fingerprint density at radius 2 is 1.32 bits per heavy atom. The van der Waals surface area contributed by atoms with Crippen LogP contribution in [0.5, 0.6) is 0 Å². The molecule has 0 atom stereocenters. The van der Waals surface area contributed by atoms with E-state index in [1.165, 1.54) is 35.1 Å². The van der Waals surface area contributed by atoms with E-state index in [4.69, 9.17) is 4.74 Å². The number of ether oxygens (including phenoxy) is 1. The predicted octanol–water partition coefficient (Wildman–Crippen LogP) is 6.78. The standard InChI is InChI=1S/C21H36O/c1-7-22-17-21(6)16-10-15-20(5)14-9-13-19(4)12-8-11-18(2)3/h11,13,15H,6-10,12,14,16-17H2,1-5H3/b19-13+,20-15+. The summed E-state index contributed by atoms with van der Waals surface area (Å²) in [6, 6.07) is 0. The fourth-order valence-electron chi connectivity index (χ4n) is 2.18. The van der Waals surface area contributed by atoms with Gasteiger partial charge in [-0.3, -0.25) is 0 Å². The molecule has 0 radical (unpaired) electrons. The molecule has 1 heteroatoms. The number of hydrogen-bond acceptors (Lipinski definition) is 1. The zero-order valence-corrected chi connectivity index (χ0v) is 15.5. The van der Waals surface area contributed by atoms with Crippen LogP contribution in [0.2, 0.25) is 0 Å². The summed E-state index contributed by atoms with van der Waals surface area (Å²) in [5, 5.41) is 0. The number of hydrogen-bond donors (Lipinski definition) is 0. The minimum Gasteiger partial charge on any atom is -0.377 e. The molecular formula is C21H36O. The van der Waals surface area contributed by atoms with Crippen LogP contribution in [-0.4, -0.2) is 13.2 Å². The highest BCUT2D eigenvalue weighted by Crippen LogP contribution is 2.13. The maximum Gasteiger partial charge on any atom is 0.0674 e. The van der Waals surface area contributed by atoms with Crippen LogP contribution < -0.4 is 0 Å². The van der Waals surface area contributed by atoms with E-state index in [1.807, 2.05) is 6.92 Å². The van der Waals surface area contributed by atoms with Crippen LogP contribution in [0.3, 0.4) is 0 Å². The summed E-state index contributed by atoms with van der Waals surface area (Å²) in [5.41, 5.74) is 5.60. The molecule has 0 spiro atoms. The highest BCUT2D eigenvalue weighted by atomic mass is 16.5. The summed E-state index contributed by atoms with van der Waals surface area (Å²) in [7, 11) is 0. The third kappa shape index (κ3) is 13.9. The largest absolute Gasteiger partial charge is 0.377 e. The molecule has 0 fully saturated rings. The Morgan fingerprint density at radius 3 is 1.82 bits per heavy atom. The first-order valence-corrected chi connectivity index (χ1v) is 8.64. The van der Waals surface area contributed by atoms with Crippen LogP contribution in [0.1, 0.15) is 73.1 Å². The van der Waals surface area contributed by atoms with Gasteiger partial charge in [-0.25, -0.2) is 0 Å². The molecule has 0 aromatic carbocycles. The maximum atomic E-state index is 5.36. The van der Waals surface area contributed by atoms with Crippen molar-refractivity contribution in [1.82, 2.24) is 0 Å². The van der Waals surface area contributed by atoms with Crippen LogP contribution in [-0.2, 0) is 4.74 Å². The van der Waals surface area contributed by atoms with Crippen molar-refractivity contribution in [3.63, 3.8) is 0 Å². The van der Waals surface area contributed by atoms with Crippen molar-refractivity contribution in [3.05, 3.63) is 47.1 Å². The van der Waals surface area contributed by atoms with Gasteiger partial charge in [-0.15, -0.1) is 0 Å². The Kier molecular flexibility index (Phi) is 12.9. The van der Waals surface area contributed by atoms with E-state index >= 15 is 0 Å². The number of allylic oxidation sites excluding steroid dienone is 6. The average molecular weight is 305 g/mol. The third-order valence-electron chi connectivity index (χ3n) is 3.62. The fraction of sp³-hybridized carbons (Fsp3) is 0.619. The van der Waals surface area contributed by atoms with Gasteiger partial charge in [0.1, 0.15) is 0 Å². The Balaban J connectivity index is 3.87. The van der Waals surface area contributed by atoms with Crippen molar-refractivity contribution in [2.24, 2.45) is 0 Å². The van der Waals surface area contributed by atoms with E-state index in [-0.39, 0.29) is 0 Å². The quantitative estimate of drug-likeness (QED) is 0.361. The molecule has 0 bridgehead atoms. The van der Waals surface area contributed by atoms with Gasteiger partial charge in [0.05, 0.1) is 6.61 Å². The van der Waals surface area contributed by atoms with Gasteiger partial charge in [-0.1, -0.05) is 47.1 Å². The molecule has 0 saturated carbocycles. The van der Waals surface area contributed by atoms with Crippen molar-refractivity contribution in [1.29, 1.82) is 0 Å². The average Bonchev–Trinajstić information content (AvgIpc) is 2.44. The lowest BCUT2D eigenvalue weighted by Gasteiger charge is -2.04. The van der Waals surface area contributed by atoms with Crippen LogP contribution in [0.4, 0.5) is 0 Å². The third-order valence-corrected chi connectivity index (χ3v) is 3.62. The molecule has 1 nitrogen and oxygen atoms in total. The van der Waals surface area contributed by atoms with E-state index in [0.717, 1.165) is 32.3 Å². The van der Waals surface area contributed by atoms with Gasteiger partial charge in [0.15, 0.2) is 0 Å². The van der Waals surface area contributed by atoms with Gasteiger partial charge in [0.25, 0.3) is 0 Å².